The summed E-state index contributed by atoms with van der Waals surface area (Å²) in [4.78, 5) is 11.1. The van der Waals surface area contributed by atoms with Crippen molar-refractivity contribution in [1.29, 1.82) is 0 Å². The Hall–Kier alpha value is -0.850. The van der Waals surface area contributed by atoms with Crippen molar-refractivity contribution in [2.45, 2.75) is 53.9 Å². The van der Waals surface area contributed by atoms with Gasteiger partial charge in [-0.2, -0.15) is 0 Å². The second kappa shape index (κ2) is 5.66. The molecule has 0 amide bonds. The molecule has 1 aliphatic rings. The minimum atomic E-state index is 0.148. The quantitative estimate of drug-likeness (QED) is 0.515. The Kier molecular flexibility index (Phi) is 4.73. The average molecular weight is 234 g/mol. The third kappa shape index (κ3) is 4.14. The highest BCUT2D eigenvalue weighted by Gasteiger charge is 2.32. The first kappa shape index (κ1) is 14.2. The summed E-state index contributed by atoms with van der Waals surface area (Å²) in [6.45, 7) is 10.8. The topological polar surface area (TPSA) is 17.1 Å². The van der Waals surface area contributed by atoms with E-state index in [0.717, 1.165) is 6.42 Å². The van der Waals surface area contributed by atoms with Gasteiger partial charge in [0, 0.05) is 5.92 Å². The third-order valence-electron chi connectivity index (χ3n) is 3.60. The standard InChI is InChI=1S/C16H26O/c1-12(2)11-14-7-6-10-16(4,5)15(14)9-8-13(3)17/h7-9,12,15H,6,10-11H2,1-5H3/b9-8+/t15-/m1/s1. The van der Waals surface area contributed by atoms with E-state index in [0.29, 0.717) is 11.8 Å². The van der Waals surface area contributed by atoms with Crippen LogP contribution in [0.4, 0.5) is 0 Å². The van der Waals surface area contributed by atoms with Crippen LogP contribution in [0.1, 0.15) is 53.9 Å². The van der Waals surface area contributed by atoms with Crippen molar-refractivity contribution in [3.63, 3.8) is 0 Å². The summed E-state index contributed by atoms with van der Waals surface area (Å²) in [6, 6.07) is 0. The molecule has 0 heterocycles. The van der Waals surface area contributed by atoms with E-state index in [9.17, 15) is 4.79 Å². The predicted octanol–water partition coefficient (Wildman–Crippen LogP) is 4.54. The Bertz CT molecular complexity index is 331. The van der Waals surface area contributed by atoms with Gasteiger partial charge in [-0.05, 0) is 43.6 Å². The predicted molar refractivity (Wildman–Crippen MR) is 73.9 cm³/mol. The molecular formula is C16H26O. The molecule has 17 heavy (non-hydrogen) atoms. The fraction of sp³-hybridized carbons (Fsp3) is 0.688. The lowest BCUT2D eigenvalue weighted by Gasteiger charge is -2.38. The molecule has 0 aliphatic heterocycles. The average Bonchev–Trinajstić information content (AvgIpc) is 2.14. The maximum Gasteiger partial charge on any atom is 0.152 e. The Morgan fingerprint density at radius 3 is 2.71 bits per heavy atom. The molecule has 0 aromatic heterocycles. The van der Waals surface area contributed by atoms with E-state index < -0.39 is 0 Å². The summed E-state index contributed by atoms with van der Waals surface area (Å²) >= 11 is 0. The Labute approximate surface area is 106 Å². The zero-order chi connectivity index (χ0) is 13.1. The van der Waals surface area contributed by atoms with Crippen LogP contribution in [-0.2, 0) is 4.79 Å². The van der Waals surface area contributed by atoms with Gasteiger partial charge < -0.3 is 0 Å². The van der Waals surface area contributed by atoms with Crippen LogP contribution in [0, 0.1) is 17.3 Å². The second-order valence-electron chi connectivity index (χ2n) is 6.35. The van der Waals surface area contributed by atoms with Gasteiger partial charge in [0.2, 0.25) is 0 Å². The highest BCUT2D eigenvalue weighted by molar-refractivity contribution is 5.87. The van der Waals surface area contributed by atoms with E-state index in [1.54, 1.807) is 13.0 Å². The summed E-state index contributed by atoms with van der Waals surface area (Å²) in [5.74, 6) is 1.26. The number of hydrogen-bond donors (Lipinski definition) is 0. The second-order valence-corrected chi connectivity index (χ2v) is 6.35. The molecule has 0 aromatic carbocycles. The first-order valence-electron chi connectivity index (χ1n) is 6.70. The van der Waals surface area contributed by atoms with Crippen LogP contribution >= 0.6 is 0 Å². The summed E-state index contributed by atoms with van der Waals surface area (Å²) < 4.78 is 0. The highest BCUT2D eigenvalue weighted by Crippen LogP contribution is 2.43. The van der Waals surface area contributed by atoms with Gasteiger partial charge >= 0.3 is 0 Å². The normalized spacial score (nSPS) is 24.1. The Morgan fingerprint density at radius 2 is 2.18 bits per heavy atom. The molecule has 1 rings (SSSR count). The SMILES string of the molecule is CC(=O)/C=C/[C@@H]1C(CC(C)C)=CCCC1(C)C. The molecule has 0 saturated heterocycles. The molecule has 0 fully saturated rings. The first-order chi connectivity index (χ1) is 7.83. The lowest BCUT2D eigenvalue weighted by molar-refractivity contribution is -0.112. The fourth-order valence-corrected chi connectivity index (χ4v) is 2.71. The maximum absolute atomic E-state index is 11.1. The van der Waals surface area contributed by atoms with Gasteiger partial charge in [0.15, 0.2) is 5.78 Å². The minimum Gasteiger partial charge on any atom is -0.295 e. The molecule has 1 aliphatic carbocycles. The lowest BCUT2D eigenvalue weighted by Crippen LogP contribution is -2.28. The van der Waals surface area contributed by atoms with Gasteiger partial charge in [0.25, 0.3) is 0 Å². The van der Waals surface area contributed by atoms with Crippen molar-refractivity contribution in [3.8, 4) is 0 Å². The van der Waals surface area contributed by atoms with Crippen LogP contribution in [0.15, 0.2) is 23.8 Å². The zero-order valence-electron chi connectivity index (χ0n) is 11.9. The number of hydrogen-bond acceptors (Lipinski definition) is 1. The molecule has 0 aromatic rings. The maximum atomic E-state index is 11.1. The van der Waals surface area contributed by atoms with E-state index in [2.05, 4.69) is 39.8 Å². The smallest absolute Gasteiger partial charge is 0.152 e. The summed E-state index contributed by atoms with van der Waals surface area (Å²) in [5, 5.41) is 0. The largest absolute Gasteiger partial charge is 0.295 e. The van der Waals surface area contributed by atoms with Crippen LogP contribution in [0.25, 0.3) is 0 Å². The van der Waals surface area contributed by atoms with Crippen LogP contribution in [-0.4, -0.2) is 5.78 Å². The van der Waals surface area contributed by atoms with Crippen molar-refractivity contribution in [2.75, 3.05) is 0 Å². The van der Waals surface area contributed by atoms with Gasteiger partial charge in [0.1, 0.15) is 0 Å². The van der Waals surface area contributed by atoms with Gasteiger partial charge in [-0.3, -0.25) is 4.79 Å². The molecule has 0 bridgehead atoms. The summed E-state index contributed by atoms with van der Waals surface area (Å²) in [6.07, 6.45) is 9.79. The van der Waals surface area contributed by atoms with Gasteiger partial charge in [-0.25, -0.2) is 0 Å². The van der Waals surface area contributed by atoms with Crippen molar-refractivity contribution >= 4 is 5.78 Å². The van der Waals surface area contributed by atoms with E-state index in [1.165, 1.54) is 18.4 Å². The number of allylic oxidation sites excluding steroid dienone is 4. The van der Waals surface area contributed by atoms with Crippen molar-refractivity contribution in [3.05, 3.63) is 23.8 Å². The number of carbonyl (C=O) groups excluding carboxylic acids is 1. The number of carbonyl (C=O) groups is 1. The fourth-order valence-electron chi connectivity index (χ4n) is 2.71. The molecule has 0 spiro atoms. The molecule has 96 valence electrons. The minimum absolute atomic E-state index is 0.148. The molecule has 1 nitrogen and oxygen atoms in total. The van der Waals surface area contributed by atoms with Crippen molar-refractivity contribution < 1.29 is 4.79 Å². The van der Waals surface area contributed by atoms with E-state index in [1.807, 2.05) is 0 Å². The van der Waals surface area contributed by atoms with Crippen molar-refractivity contribution in [2.24, 2.45) is 17.3 Å². The first-order valence-corrected chi connectivity index (χ1v) is 6.70. The molecular weight excluding hydrogens is 208 g/mol. The van der Waals surface area contributed by atoms with Crippen LogP contribution < -0.4 is 0 Å². The van der Waals surface area contributed by atoms with Crippen LogP contribution in [0.3, 0.4) is 0 Å². The lowest BCUT2D eigenvalue weighted by atomic mass is 9.67. The molecule has 1 atom stereocenters. The molecule has 0 unspecified atom stereocenters. The van der Waals surface area contributed by atoms with Crippen LogP contribution in [0.2, 0.25) is 0 Å². The van der Waals surface area contributed by atoms with E-state index in [-0.39, 0.29) is 11.2 Å². The molecule has 0 radical (unpaired) electrons. The monoisotopic (exact) mass is 234 g/mol. The van der Waals surface area contributed by atoms with E-state index >= 15 is 0 Å². The molecule has 0 saturated carbocycles. The van der Waals surface area contributed by atoms with Gasteiger partial charge in [0.05, 0.1) is 0 Å². The Balaban J connectivity index is 2.92. The number of ketones is 1. The van der Waals surface area contributed by atoms with Gasteiger partial charge in [-0.1, -0.05) is 45.4 Å². The molecule has 1 heteroatoms. The van der Waals surface area contributed by atoms with Gasteiger partial charge in [-0.15, -0.1) is 0 Å². The molecule has 0 N–H and O–H groups in total. The summed E-state index contributed by atoms with van der Waals surface area (Å²) in [5.41, 5.74) is 1.80. The Morgan fingerprint density at radius 1 is 1.53 bits per heavy atom. The zero-order valence-corrected chi connectivity index (χ0v) is 11.9. The highest BCUT2D eigenvalue weighted by atomic mass is 16.1. The third-order valence-corrected chi connectivity index (χ3v) is 3.60. The van der Waals surface area contributed by atoms with E-state index in [4.69, 9.17) is 0 Å². The van der Waals surface area contributed by atoms with Crippen LogP contribution in [0.5, 0.6) is 0 Å². The van der Waals surface area contributed by atoms with Crippen molar-refractivity contribution in [1.82, 2.24) is 0 Å². The number of rotatable bonds is 4. The summed E-state index contributed by atoms with van der Waals surface area (Å²) in [7, 11) is 0.